The summed E-state index contributed by atoms with van der Waals surface area (Å²) in [6, 6.07) is 20.3. The molecule has 0 radical (unpaired) electrons. The number of thiazole rings is 1. The van der Waals surface area contributed by atoms with Gasteiger partial charge in [0.1, 0.15) is 12.6 Å². The van der Waals surface area contributed by atoms with Gasteiger partial charge in [-0.15, -0.1) is 11.3 Å². The number of alkyl carbamates (subject to hydrolysis) is 1. The quantitative estimate of drug-likeness (QED) is 0.110. The first kappa shape index (κ1) is 40.0. The van der Waals surface area contributed by atoms with Crippen LogP contribution in [-0.4, -0.2) is 69.3 Å². The van der Waals surface area contributed by atoms with Crippen LogP contribution in [0.4, 0.5) is 9.59 Å². The highest BCUT2D eigenvalue weighted by Crippen LogP contribution is 2.26. The third kappa shape index (κ3) is 12.8. The molecule has 11 nitrogen and oxygen atoms in total. The number of rotatable bonds is 16. The number of carbonyl (C=O) groups is 3. The summed E-state index contributed by atoms with van der Waals surface area (Å²) >= 11 is 1.56. The number of urea groups is 1. The van der Waals surface area contributed by atoms with Crippen molar-refractivity contribution < 1.29 is 24.2 Å². The van der Waals surface area contributed by atoms with E-state index in [0.717, 1.165) is 27.4 Å². The number of amides is 4. The van der Waals surface area contributed by atoms with Crippen LogP contribution >= 0.6 is 11.3 Å². The van der Waals surface area contributed by atoms with Crippen LogP contribution in [0.3, 0.4) is 0 Å². The monoisotopic (exact) mass is 728 g/mol. The van der Waals surface area contributed by atoms with Gasteiger partial charge in [0.2, 0.25) is 5.91 Å². The average molecular weight is 729 g/mol. The first-order valence-electron chi connectivity index (χ1n) is 17.6. The highest BCUT2D eigenvalue weighted by molar-refractivity contribution is 7.09. The standard InChI is InChI=1S/C40H52N6O5S/c1-27(2)35(45-38(49)46(6)24-32-26-52-37(42-32)40(3,4)5)36(48)44-33(21-29-16-11-8-12-17-29)34(47)22-31(20-28-14-9-7-10-15-28)43-39(50)51-25-30-18-13-19-41-23-30/h7-19,23,26-27,31,33-35,47H,20-22,24-25H2,1-6H3,(H,43,50)(H,44,48)(H,45,49)/t31-,33-,34-,35-/m0/s1. The van der Waals surface area contributed by atoms with Gasteiger partial charge in [0, 0.05) is 41.8 Å². The molecule has 0 spiro atoms. The molecule has 4 rings (SSSR count). The molecule has 0 aliphatic carbocycles. The summed E-state index contributed by atoms with van der Waals surface area (Å²) in [4.78, 5) is 50.5. The van der Waals surface area contributed by atoms with Crippen LogP contribution in [-0.2, 0) is 40.9 Å². The van der Waals surface area contributed by atoms with Crippen molar-refractivity contribution in [3.8, 4) is 0 Å². The van der Waals surface area contributed by atoms with Crippen molar-refractivity contribution >= 4 is 29.4 Å². The summed E-state index contributed by atoms with van der Waals surface area (Å²) in [7, 11) is 1.67. The molecule has 2 heterocycles. The van der Waals surface area contributed by atoms with Gasteiger partial charge in [-0.3, -0.25) is 9.78 Å². The van der Waals surface area contributed by atoms with E-state index in [4.69, 9.17) is 9.72 Å². The van der Waals surface area contributed by atoms with E-state index in [1.165, 1.54) is 4.90 Å². The zero-order chi connectivity index (χ0) is 37.7. The minimum Gasteiger partial charge on any atom is -0.445 e. The Hall–Kier alpha value is -4.81. The average Bonchev–Trinajstić information content (AvgIpc) is 3.60. The summed E-state index contributed by atoms with van der Waals surface area (Å²) in [6.07, 6.45) is 2.47. The van der Waals surface area contributed by atoms with Crippen molar-refractivity contribution in [1.29, 1.82) is 0 Å². The molecule has 4 N–H and O–H groups in total. The molecule has 0 saturated carbocycles. The molecular formula is C40H52N6O5S. The maximum absolute atomic E-state index is 13.9. The number of carbonyl (C=O) groups excluding carboxylic acids is 3. The molecule has 0 fully saturated rings. The molecule has 52 heavy (non-hydrogen) atoms. The lowest BCUT2D eigenvalue weighted by atomic mass is 9.93. The van der Waals surface area contributed by atoms with Gasteiger partial charge < -0.3 is 30.7 Å². The predicted octanol–water partition coefficient (Wildman–Crippen LogP) is 6.02. The highest BCUT2D eigenvalue weighted by Gasteiger charge is 2.32. The van der Waals surface area contributed by atoms with Crippen LogP contribution in [0.25, 0.3) is 0 Å². The Balaban J connectivity index is 1.47. The third-order valence-corrected chi connectivity index (χ3v) is 9.84. The van der Waals surface area contributed by atoms with E-state index >= 15 is 0 Å². The van der Waals surface area contributed by atoms with Gasteiger partial charge in [-0.2, -0.15) is 0 Å². The molecule has 0 saturated heterocycles. The first-order valence-corrected chi connectivity index (χ1v) is 18.5. The second-order valence-corrected chi connectivity index (χ2v) is 15.4. The number of benzene rings is 2. The molecule has 2 aromatic heterocycles. The van der Waals surface area contributed by atoms with E-state index in [1.807, 2.05) is 86.0 Å². The predicted molar refractivity (Wildman–Crippen MR) is 204 cm³/mol. The van der Waals surface area contributed by atoms with Gasteiger partial charge in [0.25, 0.3) is 0 Å². The van der Waals surface area contributed by atoms with Gasteiger partial charge in [0.05, 0.1) is 29.4 Å². The number of nitrogens with one attached hydrogen (secondary N) is 3. The van der Waals surface area contributed by atoms with Crippen molar-refractivity contribution in [2.45, 2.75) is 96.7 Å². The number of hydrogen-bond donors (Lipinski definition) is 4. The minimum atomic E-state index is -1.07. The molecule has 0 aliphatic rings. The van der Waals surface area contributed by atoms with E-state index in [1.54, 1.807) is 36.8 Å². The Kier molecular flexibility index (Phi) is 14.7. The van der Waals surface area contributed by atoms with Crippen LogP contribution in [0, 0.1) is 5.92 Å². The number of hydrogen-bond acceptors (Lipinski definition) is 8. The number of aromatic nitrogens is 2. The lowest BCUT2D eigenvalue weighted by Gasteiger charge is -2.31. The highest BCUT2D eigenvalue weighted by atomic mass is 32.1. The number of aliphatic hydroxyl groups is 1. The van der Waals surface area contributed by atoms with E-state index < -0.39 is 42.3 Å². The fourth-order valence-electron chi connectivity index (χ4n) is 5.63. The second kappa shape index (κ2) is 19.1. The topological polar surface area (TPSA) is 146 Å². The zero-order valence-electron chi connectivity index (χ0n) is 30.9. The number of nitrogens with zero attached hydrogens (tertiary/aromatic N) is 3. The molecule has 4 atom stereocenters. The van der Waals surface area contributed by atoms with E-state index in [9.17, 15) is 19.5 Å². The molecule has 4 amide bonds. The van der Waals surface area contributed by atoms with Crippen molar-refractivity contribution in [2.24, 2.45) is 5.92 Å². The van der Waals surface area contributed by atoms with Crippen LogP contribution in [0.1, 0.15) is 68.4 Å². The Morgan fingerprint density at radius 1 is 0.885 bits per heavy atom. The van der Waals surface area contributed by atoms with Gasteiger partial charge in [-0.05, 0) is 42.4 Å². The Bertz CT molecular complexity index is 1700. The van der Waals surface area contributed by atoms with Gasteiger partial charge in [0.15, 0.2) is 0 Å². The first-order chi connectivity index (χ1) is 24.8. The normalized spacial score (nSPS) is 13.8. The summed E-state index contributed by atoms with van der Waals surface area (Å²) in [5.74, 6) is -0.662. The van der Waals surface area contributed by atoms with Crippen LogP contribution in [0.15, 0.2) is 90.6 Å². The molecule has 278 valence electrons. The fourth-order valence-corrected chi connectivity index (χ4v) is 6.53. The van der Waals surface area contributed by atoms with E-state index in [-0.39, 0.29) is 24.4 Å². The van der Waals surface area contributed by atoms with Crippen molar-refractivity contribution in [1.82, 2.24) is 30.8 Å². The summed E-state index contributed by atoms with van der Waals surface area (Å²) in [5, 5.41) is 23.6. The van der Waals surface area contributed by atoms with Crippen LogP contribution in [0.2, 0.25) is 0 Å². The SMILES string of the molecule is CC(C)[C@H](NC(=O)N(C)Cc1csc(C(C)(C)C)n1)C(=O)N[C@@H](Cc1ccccc1)[C@@H](O)C[C@H](Cc1ccccc1)NC(=O)OCc1cccnc1. The van der Waals surface area contributed by atoms with Gasteiger partial charge in [-0.1, -0.05) is 101 Å². The second-order valence-electron chi connectivity index (χ2n) is 14.5. The smallest absolute Gasteiger partial charge is 0.407 e. The van der Waals surface area contributed by atoms with Gasteiger partial charge >= 0.3 is 12.1 Å². The maximum atomic E-state index is 13.9. The lowest BCUT2D eigenvalue weighted by Crippen LogP contribution is -2.57. The summed E-state index contributed by atoms with van der Waals surface area (Å²) in [6.45, 7) is 10.4. The van der Waals surface area contributed by atoms with Crippen molar-refractivity contribution in [3.63, 3.8) is 0 Å². The zero-order valence-corrected chi connectivity index (χ0v) is 31.7. The summed E-state index contributed by atoms with van der Waals surface area (Å²) in [5.41, 5.74) is 3.32. The number of pyridine rings is 1. The van der Waals surface area contributed by atoms with E-state index in [0.29, 0.717) is 19.4 Å². The Labute approximate surface area is 311 Å². The third-order valence-electron chi connectivity index (χ3n) is 8.52. The number of aliphatic hydroxyl groups excluding tert-OH is 1. The molecule has 12 heteroatoms. The fraction of sp³-hybridized carbons (Fsp3) is 0.425. The molecular weight excluding hydrogens is 677 g/mol. The molecule has 4 aromatic rings. The molecule has 0 unspecified atom stereocenters. The minimum absolute atomic E-state index is 0.0478. The van der Waals surface area contributed by atoms with Crippen LogP contribution in [0.5, 0.6) is 0 Å². The largest absolute Gasteiger partial charge is 0.445 e. The van der Waals surface area contributed by atoms with Crippen molar-refractivity contribution in [3.05, 3.63) is 118 Å². The van der Waals surface area contributed by atoms with Gasteiger partial charge in [-0.25, -0.2) is 14.6 Å². The number of ether oxygens (including phenoxy) is 1. The molecule has 0 aliphatic heterocycles. The molecule has 0 bridgehead atoms. The summed E-state index contributed by atoms with van der Waals surface area (Å²) < 4.78 is 5.48. The lowest BCUT2D eigenvalue weighted by molar-refractivity contribution is -0.125. The Morgan fingerprint density at radius 2 is 1.52 bits per heavy atom. The van der Waals surface area contributed by atoms with E-state index in [2.05, 4.69) is 41.7 Å². The Morgan fingerprint density at radius 3 is 2.10 bits per heavy atom. The molecule has 2 aromatic carbocycles. The maximum Gasteiger partial charge on any atom is 0.407 e. The van der Waals surface area contributed by atoms with Crippen LogP contribution < -0.4 is 16.0 Å². The van der Waals surface area contributed by atoms with Crippen molar-refractivity contribution in [2.75, 3.05) is 7.05 Å².